The van der Waals surface area contributed by atoms with Crippen LogP contribution in [-0.4, -0.2) is 31.7 Å². The number of nitrogens with zero attached hydrogens (tertiary/aromatic N) is 1. The third-order valence-corrected chi connectivity index (χ3v) is 4.24. The number of anilines is 1. The SMILES string of the molecule is COCc1ccc(C(=O)Nc2ccc(CC[C@H]3COC(N)=N3)cc2)cc1. The molecule has 3 N–H and O–H groups in total. The van der Waals surface area contributed by atoms with E-state index in [1.165, 1.54) is 5.56 Å². The van der Waals surface area contributed by atoms with E-state index in [0.717, 1.165) is 24.1 Å². The number of aliphatic imine (C=N–C) groups is 1. The molecule has 0 radical (unpaired) electrons. The van der Waals surface area contributed by atoms with Crippen molar-refractivity contribution < 1.29 is 14.3 Å². The smallest absolute Gasteiger partial charge is 0.282 e. The molecular weight excluding hydrogens is 330 g/mol. The van der Waals surface area contributed by atoms with Gasteiger partial charge in [-0.1, -0.05) is 24.3 Å². The molecule has 1 amide bonds. The lowest BCUT2D eigenvalue weighted by molar-refractivity contribution is 0.102. The van der Waals surface area contributed by atoms with Crippen molar-refractivity contribution in [2.45, 2.75) is 25.5 Å². The van der Waals surface area contributed by atoms with Crippen molar-refractivity contribution in [3.8, 4) is 0 Å². The normalized spacial score (nSPS) is 16.0. The Balaban J connectivity index is 1.52. The highest BCUT2D eigenvalue weighted by Crippen LogP contribution is 2.16. The molecule has 1 aliphatic heterocycles. The molecule has 1 atom stereocenters. The number of amidine groups is 1. The number of carbonyl (C=O) groups is 1. The molecule has 0 aliphatic carbocycles. The Kier molecular flexibility index (Phi) is 5.86. The lowest BCUT2D eigenvalue weighted by Gasteiger charge is -2.08. The molecule has 2 aromatic carbocycles. The Labute approximate surface area is 153 Å². The Bertz CT molecular complexity index is 770. The molecule has 1 aliphatic rings. The molecule has 1 heterocycles. The summed E-state index contributed by atoms with van der Waals surface area (Å²) < 4.78 is 10.2. The van der Waals surface area contributed by atoms with E-state index in [9.17, 15) is 4.79 Å². The number of aryl methyl sites for hydroxylation is 1. The maximum absolute atomic E-state index is 12.3. The van der Waals surface area contributed by atoms with Crippen molar-refractivity contribution in [1.82, 2.24) is 0 Å². The van der Waals surface area contributed by atoms with Crippen LogP contribution in [0.4, 0.5) is 5.69 Å². The van der Waals surface area contributed by atoms with Crippen molar-refractivity contribution in [1.29, 1.82) is 0 Å². The first kappa shape index (κ1) is 17.9. The number of carbonyl (C=O) groups excluding carboxylic acids is 1. The predicted octanol–water partition coefficient (Wildman–Crippen LogP) is 2.73. The summed E-state index contributed by atoms with van der Waals surface area (Å²) in [6.45, 7) is 1.09. The summed E-state index contributed by atoms with van der Waals surface area (Å²) in [5, 5.41) is 2.91. The molecule has 2 aromatic rings. The first-order chi connectivity index (χ1) is 12.6. The van der Waals surface area contributed by atoms with E-state index >= 15 is 0 Å². The van der Waals surface area contributed by atoms with Crippen LogP contribution in [0.3, 0.4) is 0 Å². The zero-order valence-electron chi connectivity index (χ0n) is 14.8. The van der Waals surface area contributed by atoms with Crippen LogP contribution < -0.4 is 11.1 Å². The summed E-state index contributed by atoms with van der Waals surface area (Å²) in [5.41, 5.74) is 9.12. The molecule has 136 valence electrons. The second-order valence-electron chi connectivity index (χ2n) is 6.25. The highest BCUT2D eigenvalue weighted by Gasteiger charge is 2.16. The molecule has 6 nitrogen and oxygen atoms in total. The molecule has 0 saturated carbocycles. The molecule has 0 unspecified atom stereocenters. The monoisotopic (exact) mass is 353 g/mol. The van der Waals surface area contributed by atoms with Crippen molar-refractivity contribution in [3.05, 3.63) is 65.2 Å². The van der Waals surface area contributed by atoms with Gasteiger partial charge in [0, 0.05) is 18.4 Å². The summed E-state index contributed by atoms with van der Waals surface area (Å²) in [4.78, 5) is 16.5. The molecule has 0 fully saturated rings. The van der Waals surface area contributed by atoms with Crippen LogP contribution in [0.5, 0.6) is 0 Å². The first-order valence-electron chi connectivity index (χ1n) is 8.58. The second-order valence-corrected chi connectivity index (χ2v) is 6.25. The molecule has 0 saturated heterocycles. The summed E-state index contributed by atoms with van der Waals surface area (Å²) in [6, 6.07) is 15.7. The number of nitrogens with two attached hydrogens (primary N) is 1. The molecule has 0 aromatic heterocycles. The van der Waals surface area contributed by atoms with E-state index in [4.69, 9.17) is 15.2 Å². The quantitative estimate of drug-likeness (QED) is 0.801. The lowest BCUT2D eigenvalue weighted by Crippen LogP contribution is -2.12. The number of benzene rings is 2. The van der Waals surface area contributed by atoms with Crippen LogP contribution in [0.1, 0.15) is 27.9 Å². The average Bonchev–Trinajstić information content (AvgIpc) is 3.07. The molecule has 0 bridgehead atoms. The Hall–Kier alpha value is -2.86. The van der Waals surface area contributed by atoms with Gasteiger partial charge in [-0.05, 0) is 48.2 Å². The predicted molar refractivity (Wildman–Crippen MR) is 101 cm³/mol. The van der Waals surface area contributed by atoms with Gasteiger partial charge in [-0.15, -0.1) is 0 Å². The van der Waals surface area contributed by atoms with Crippen molar-refractivity contribution in [3.63, 3.8) is 0 Å². The van der Waals surface area contributed by atoms with Gasteiger partial charge in [0.1, 0.15) is 6.61 Å². The van der Waals surface area contributed by atoms with E-state index in [2.05, 4.69) is 10.3 Å². The summed E-state index contributed by atoms with van der Waals surface area (Å²) in [6.07, 6.45) is 1.78. The number of methoxy groups -OCH3 is 1. The average molecular weight is 353 g/mol. The Morgan fingerprint density at radius 2 is 1.88 bits per heavy atom. The number of ether oxygens (including phenoxy) is 2. The van der Waals surface area contributed by atoms with Crippen LogP contribution >= 0.6 is 0 Å². The number of nitrogens with one attached hydrogen (secondary N) is 1. The minimum atomic E-state index is -0.130. The molecule has 6 heteroatoms. The van der Waals surface area contributed by atoms with Gasteiger partial charge >= 0.3 is 0 Å². The third kappa shape index (κ3) is 4.83. The highest BCUT2D eigenvalue weighted by atomic mass is 16.5. The number of hydrogen-bond acceptors (Lipinski definition) is 5. The first-order valence-corrected chi connectivity index (χ1v) is 8.58. The number of rotatable bonds is 7. The molecule has 0 spiro atoms. The standard InChI is InChI=1S/C20H23N3O3/c1-25-12-15-2-7-16(8-3-15)19(24)22-17-9-4-14(5-10-17)6-11-18-13-26-20(21)23-18/h2-5,7-10,18H,6,11-13H2,1H3,(H2,21,23)(H,22,24)/t18-/m0/s1. The minimum Gasteiger partial charge on any atom is -0.463 e. The van der Waals surface area contributed by atoms with E-state index in [1.807, 2.05) is 36.4 Å². The van der Waals surface area contributed by atoms with E-state index in [-0.39, 0.29) is 18.0 Å². The number of hydrogen-bond donors (Lipinski definition) is 2. The van der Waals surface area contributed by atoms with Crippen LogP contribution in [0.25, 0.3) is 0 Å². The van der Waals surface area contributed by atoms with Gasteiger partial charge in [0.15, 0.2) is 0 Å². The van der Waals surface area contributed by atoms with Crippen molar-refractivity contribution in [2.24, 2.45) is 10.7 Å². The maximum Gasteiger partial charge on any atom is 0.282 e. The van der Waals surface area contributed by atoms with E-state index in [1.54, 1.807) is 19.2 Å². The van der Waals surface area contributed by atoms with Crippen LogP contribution in [-0.2, 0) is 22.5 Å². The zero-order valence-corrected chi connectivity index (χ0v) is 14.8. The Morgan fingerprint density at radius 3 is 2.50 bits per heavy atom. The zero-order chi connectivity index (χ0) is 18.4. The molecule has 3 rings (SSSR count). The topological polar surface area (TPSA) is 85.9 Å². The van der Waals surface area contributed by atoms with Crippen molar-refractivity contribution >= 4 is 17.6 Å². The fourth-order valence-electron chi connectivity index (χ4n) is 2.79. The van der Waals surface area contributed by atoms with Gasteiger partial charge in [0.25, 0.3) is 11.9 Å². The fraction of sp³-hybridized carbons (Fsp3) is 0.300. The van der Waals surface area contributed by atoms with Gasteiger partial charge in [-0.3, -0.25) is 4.79 Å². The van der Waals surface area contributed by atoms with Gasteiger partial charge < -0.3 is 20.5 Å². The molecule has 26 heavy (non-hydrogen) atoms. The van der Waals surface area contributed by atoms with Crippen LogP contribution in [0.15, 0.2) is 53.5 Å². The van der Waals surface area contributed by atoms with Crippen LogP contribution in [0.2, 0.25) is 0 Å². The summed E-state index contributed by atoms with van der Waals surface area (Å²) in [5.74, 6) is -0.130. The lowest BCUT2D eigenvalue weighted by atomic mass is 10.1. The van der Waals surface area contributed by atoms with Gasteiger partial charge in [-0.25, -0.2) is 4.99 Å². The maximum atomic E-state index is 12.3. The minimum absolute atomic E-state index is 0.130. The van der Waals surface area contributed by atoms with Gasteiger partial charge in [-0.2, -0.15) is 0 Å². The van der Waals surface area contributed by atoms with Crippen LogP contribution in [0, 0.1) is 0 Å². The largest absolute Gasteiger partial charge is 0.463 e. The fourth-order valence-corrected chi connectivity index (χ4v) is 2.79. The third-order valence-electron chi connectivity index (χ3n) is 4.24. The van der Waals surface area contributed by atoms with Crippen molar-refractivity contribution in [2.75, 3.05) is 19.0 Å². The summed E-state index contributed by atoms with van der Waals surface area (Å²) >= 11 is 0. The van der Waals surface area contributed by atoms with E-state index < -0.39 is 0 Å². The molecular formula is C20H23N3O3. The van der Waals surface area contributed by atoms with Gasteiger partial charge in [0.05, 0.1) is 12.6 Å². The van der Waals surface area contributed by atoms with Gasteiger partial charge in [0.2, 0.25) is 0 Å². The Morgan fingerprint density at radius 1 is 1.19 bits per heavy atom. The summed E-state index contributed by atoms with van der Waals surface area (Å²) in [7, 11) is 1.65. The van der Waals surface area contributed by atoms with E-state index in [0.29, 0.717) is 18.8 Å². The number of amides is 1. The second kappa shape index (κ2) is 8.49. The highest BCUT2D eigenvalue weighted by molar-refractivity contribution is 6.04.